The Labute approximate surface area is 119 Å². The van der Waals surface area contributed by atoms with E-state index in [1.54, 1.807) is 11.3 Å². The first-order valence-electron chi connectivity index (χ1n) is 6.86. The highest BCUT2D eigenvalue weighted by Gasteiger charge is 2.41. The third-order valence-corrected chi connectivity index (χ3v) is 4.75. The Morgan fingerprint density at radius 3 is 2.47 bits per heavy atom. The van der Waals surface area contributed by atoms with Crippen molar-refractivity contribution in [2.75, 3.05) is 0 Å². The Kier molecular flexibility index (Phi) is 3.76. The van der Waals surface area contributed by atoms with E-state index in [9.17, 15) is 4.79 Å². The maximum Gasteiger partial charge on any atom is 0.223 e. The lowest BCUT2D eigenvalue weighted by atomic mass is 9.86. The number of amides is 1. The fourth-order valence-corrected chi connectivity index (χ4v) is 3.99. The third-order valence-electron chi connectivity index (χ3n) is 3.76. The van der Waals surface area contributed by atoms with E-state index >= 15 is 0 Å². The summed E-state index contributed by atoms with van der Waals surface area (Å²) in [5, 5.41) is 0. The van der Waals surface area contributed by atoms with Crippen LogP contribution < -0.4 is 5.73 Å². The van der Waals surface area contributed by atoms with E-state index in [-0.39, 0.29) is 23.5 Å². The van der Waals surface area contributed by atoms with Crippen LogP contribution >= 0.6 is 11.3 Å². The van der Waals surface area contributed by atoms with Crippen LogP contribution in [0, 0.1) is 13.8 Å². The number of nitrogens with zero attached hydrogens (tertiary/aromatic N) is 1. The molecule has 2 atom stereocenters. The number of nitrogens with two attached hydrogens (primary N) is 1. The Bertz CT molecular complexity index is 487. The van der Waals surface area contributed by atoms with Crippen molar-refractivity contribution < 1.29 is 4.79 Å². The molecule has 2 rings (SSSR count). The molecule has 0 spiro atoms. The van der Waals surface area contributed by atoms with Gasteiger partial charge < -0.3 is 10.6 Å². The Morgan fingerprint density at radius 2 is 2.00 bits per heavy atom. The first-order valence-corrected chi connectivity index (χ1v) is 7.68. The molecule has 0 bridgehead atoms. The molecular formula is C15H24N2OS. The molecule has 0 aliphatic carbocycles. The van der Waals surface area contributed by atoms with Gasteiger partial charge in [-0.25, -0.2) is 0 Å². The molecule has 1 aromatic heterocycles. The number of aryl methyl sites for hydroxylation is 2. The quantitative estimate of drug-likeness (QED) is 0.859. The van der Waals surface area contributed by atoms with Crippen LogP contribution in [0.2, 0.25) is 0 Å². The predicted octanol–water partition coefficient (Wildman–Crippen LogP) is 3.15. The molecule has 0 aromatic carbocycles. The van der Waals surface area contributed by atoms with Crippen molar-refractivity contribution in [2.24, 2.45) is 5.73 Å². The molecule has 19 heavy (non-hydrogen) atoms. The van der Waals surface area contributed by atoms with Crippen molar-refractivity contribution in [3.8, 4) is 0 Å². The summed E-state index contributed by atoms with van der Waals surface area (Å²) in [4.78, 5) is 16.9. The van der Waals surface area contributed by atoms with Gasteiger partial charge in [-0.2, -0.15) is 0 Å². The standard InChI is InChI=1S/C15H24N2OS/c1-9-8-11(10(2)19-9)14-12(16)6-7-13(18)17(14)15(3,4)5/h8,12,14H,6-7,16H2,1-5H3. The molecule has 2 heterocycles. The Hall–Kier alpha value is -0.870. The topological polar surface area (TPSA) is 46.3 Å². The van der Waals surface area contributed by atoms with Crippen LogP contribution in [0.15, 0.2) is 6.07 Å². The SMILES string of the molecule is Cc1cc(C2C(N)CCC(=O)N2C(C)(C)C)c(C)s1. The first kappa shape index (κ1) is 14.5. The minimum absolute atomic E-state index is 0.0196. The van der Waals surface area contributed by atoms with E-state index in [2.05, 4.69) is 40.7 Å². The average molecular weight is 280 g/mol. The van der Waals surface area contributed by atoms with Gasteiger partial charge in [-0.1, -0.05) is 0 Å². The second kappa shape index (κ2) is 4.91. The van der Waals surface area contributed by atoms with Crippen molar-refractivity contribution in [3.63, 3.8) is 0 Å². The number of hydrogen-bond acceptors (Lipinski definition) is 3. The molecule has 2 N–H and O–H groups in total. The van der Waals surface area contributed by atoms with E-state index in [1.807, 2.05) is 4.90 Å². The minimum Gasteiger partial charge on any atom is -0.329 e. The highest BCUT2D eigenvalue weighted by atomic mass is 32.1. The molecule has 1 amide bonds. The summed E-state index contributed by atoms with van der Waals surface area (Å²) in [7, 11) is 0. The zero-order chi connectivity index (χ0) is 14.4. The van der Waals surface area contributed by atoms with Gasteiger partial charge in [0.05, 0.1) is 6.04 Å². The molecule has 106 valence electrons. The van der Waals surface area contributed by atoms with E-state index in [4.69, 9.17) is 5.73 Å². The third kappa shape index (κ3) is 2.70. The van der Waals surface area contributed by atoms with Crippen LogP contribution in [0.3, 0.4) is 0 Å². The van der Waals surface area contributed by atoms with Crippen LogP contribution in [0.1, 0.15) is 55.0 Å². The summed E-state index contributed by atoms with van der Waals surface area (Å²) in [6, 6.07) is 2.25. The van der Waals surface area contributed by atoms with Gasteiger partial charge >= 0.3 is 0 Å². The van der Waals surface area contributed by atoms with Crippen LogP contribution in [0.4, 0.5) is 0 Å². The zero-order valence-electron chi connectivity index (χ0n) is 12.5. The summed E-state index contributed by atoms with van der Waals surface area (Å²) in [5.41, 5.74) is 7.39. The van der Waals surface area contributed by atoms with Crippen LogP contribution in [0.5, 0.6) is 0 Å². The summed E-state index contributed by atoms with van der Waals surface area (Å²) in [6.45, 7) is 10.5. The van der Waals surface area contributed by atoms with Crippen molar-refractivity contribution in [1.29, 1.82) is 0 Å². The Balaban J connectivity index is 2.48. The Morgan fingerprint density at radius 1 is 1.37 bits per heavy atom. The van der Waals surface area contributed by atoms with Gasteiger partial charge in [-0.3, -0.25) is 4.79 Å². The number of thiophene rings is 1. The number of piperidine rings is 1. The second-order valence-corrected chi connectivity index (χ2v) is 7.91. The van der Waals surface area contributed by atoms with Gasteiger partial charge in [0.15, 0.2) is 0 Å². The smallest absolute Gasteiger partial charge is 0.223 e. The van der Waals surface area contributed by atoms with E-state index in [0.29, 0.717) is 6.42 Å². The highest BCUT2D eigenvalue weighted by molar-refractivity contribution is 7.12. The largest absolute Gasteiger partial charge is 0.329 e. The number of likely N-dealkylation sites (tertiary alicyclic amines) is 1. The summed E-state index contributed by atoms with van der Waals surface area (Å²) in [6.07, 6.45) is 1.35. The van der Waals surface area contributed by atoms with Crippen molar-refractivity contribution in [3.05, 3.63) is 21.4 Å². The summed E-state index contributed by atoms with van der Waals surface area (Å²) >= 11 is 1.79. The molecule has 1 saturated heterocycles. The molecule has 1 aromatic rings. The minimum atomic E-state index is -0.192. The number of hydrogen-bond donors (Lipinski definition) is 1. The summed E-state index contributed by atoms with van der Waals surface area (Å²) in [5.74, 6) is 0.224. The van der Waals surface area contributed by atoms with Crippen molar-refractivity contribution in [1.82, 2.24) is 4.90 Å². The molecule has 4 heteroatoms. The zero-order valence-corrected chi connectivity index (χ0v) is 13.3. The number of carbonyl (C=O) groups excluding carboxylic acids is 1. The molecule has 2 unspecified atom stereocenters. The fourth-order valence-electron chi connectivity index (χ4n) is 3.02. The normalized spacial score (nSPS) is 24.9. The lowest BCUT2D eigenvalue weighted by Crippen LogP contribution is -2.56. The van der Waals surface area contributed by atoms with Crippen molar-refractivity contribution in [2.45, 2.75) is 65.1 Å². The van der Waals surface area contributed by atoms with E-state index in [0.717, 1.165) is 6.42 Å². The maximum absolute atomic E-state index is 12.4. The van der Waals surface area contributed by atoms with Crippen LogP contribution in [0.25, 0.3) is 0 Å². The van der Waals surface area contributed by atoms with Crippen molar-refractivity contribution >= 4 is 17.2 Å². The highest BCUT2D eigenvalue weighted by Crippen LogP contribution is 2.39. The average Bonchev–Trinajstić information content (AvgIpc) is 2.59. The molecule has 0 saturated carbocycles. The van der Waals surface area contributed by atoms with E-state index in [1.165, 1.54) is 15.3 Å². The molecule has 1 aliphatic heterocycles. The van der Waals surface area contributed by atoms with Gasteiger partial charge in [0.25, 0.3) is 0 Å². The molecular weight excluding hydrogens is 256 g/mol. The molecule has 1 fully saturated rings. The van der Waals surface area contributed by atoms with Crippen LogP contribution in [-0.2, 0) is 4.79 Å². The van der Waals surface area contributed by atoms with E-state index < -0.39 is 0 Å². The molecule has 0 radical (unpaired) electrons. The lowest BCUT2D eigenvalue weighted by Gasteiger charge is -2.47. The van der Waals surface area contributed by atoms with Gasteiger partial charge in [0.1, 0.15) is 0 Å². The lowest BCUT2D eigenvalue weighted by molar-refractivity contribution is -0.144. The van der Waals surface area contributed by atoms with Crippen LogP contribution in [-0.4, -0.2) is 22.4 Å². The predicted molar refractivity (Wildman–Crippen MR) is 80.3 cm³/mol. The second-order valence-electron chi connectivity index (χ2n) is 6.45. The number of carbonyl (C=O) groups is 1. The molecule has 3 nitrogen and oxygen atoms in total. The van der Waals surface area contributed by atoms with Gasteiger partial charge in [-0.05, 0) is 52.7 Å². The first-order chi connectivity index (χ1) is 8.71. The van der Waals surface area contributed by atoms with Gasteiger partial charge in [0, 0.05) is 27.8 Å². The van der Waals surface area contributed by atoms with Gasteiger partial charge in [0.2, 0.25) is 5.91 Å². The maximum atomic E-state index is 12.4. The monoisotopic (exact) mass is 280 g/mol. The summed E-state index contributed by atoms with van der Waals surface area (Å²) < 4.78 is 0. The van der Waals surface area contributed by atoms with Gasteiger partial charge in [-0.15, -0.1) is 11.3 Å². The molecule has 1 aliphatic rings. The fraction of sp³-hybridized carbons (Fsp3) is 0.667. The number of rotatable bonds is 1.